The highest BCUT2D eigenvalue weighted by Crippen LogP contribution is 2.43. The SMILES string of the molecule is CC(C)(C)C1CCc2c(sc3ncn4c(SCC(=O)N5CCCC5)nnc4c23)C1. The Bertz CT molecular complexity index is 1070. The lowest BCUT2D eigenvalue weighted by molar-refractivity contribution is -0.127. The van der Waals surface area contributed by atoms with Crippen molar-refractivity contribution in [2.75, 3.05) is 18.8 Å². The molecule has 0 bridgehead atoms. The zero-order valence-corrected chi connectivity index (χ0v) is 18.9. The van der Waals surface area contributed by atoms with Crippen LogP contribution in [0.1, 0.15) is 50.5 Å². The lowest BCUT2D eigenvalue weighted by Gasteiger charge is -2.33. The Labute approximate surface area is 179 Å². The second-order valence-corrected chi connectivity index (χ2v) is 11.3. The van der Waals surface area contributed by atoms with Gasteiger partial charge in [-0.15, -0.1) is 21.5 Å². The number of thiophene rings is 1. The maximum absolute atomic E-state index is 12.4. The molecule has 8 heteroatoms. The molecule has 0 spiro atoms. The van der Waals surface area contributed by atoms with Gasteiger partial charge in [-0.05, 0) is 49.0 Å². The van der Waals surface area contributed by atoms with E-state index in [1.54, 1.807) is 0 Å². The summed E-state index contributed by atoms with van der Waals surface area (Å²) in [5.41, 5.74) is 2.63. The highest BCUT2D eigenvalue weighted by Gasteiger charge is 2.32. The summed E-state index contributed by atoms with van der Waals surface area (Å²) >= 11 is 3.28. The Morgan fingerprint density at radius 3 is 2.83 bits per heavy atom. The number of aryl methyl sites for hydroxylation is 1. The van der Waals surface area contributed by atoms with E-state index in [0.717, 1.165) is 54.4 Å². The fraction of sp³-hybridized carbons (Fsp3) is 0.619. The molecule has 0 saturated carbocycles. The van der Waals surface area contributed by atoms with E-state index < -0.39 is 0 Å². The molecule has 3 aromatic heterocycles. The molecule has 0 N–H and O–H groups in total. The van der Waals surface area contributed by atoms with Gasteiger partial charge in [0.1, 0.15) is 11.2 Å². The molecule has 4 heterocycles. The smallest absolute Gasteiger partial charge is 0.233 e. The van der Waals surface area contributed by atoms with Gasteiger partial charge >= 0.3 is 0 Å². The predicted octanol–water partition coefficient (Wildman–Crippen LogP) is 4.20. The number of carbonyl (C=O) groups excluding carboxylic acids is 1. The molecule has 1 fully saturated rings. The third kappa shape index (κ3) is 3.44. The molecule has 5 rings (SSSR count). The van der Waals surface area contributed by atoms with Crippen molar-refractivity contribution in [1.29, 1.82) is 0 Å². The van der Waals surface area contributed by atoms with Gasteiger partial charge in [-0.3, -0.25) is 9.20 Å². The predicted molar refractivity (Wildman–Crippen MR) is 118 cm³/mol. The first-order valence-electron chi connectivity index (χ1n) is 10.5. The van der Waals surface area contributed by atoms with Gasteiger partial charge in [0.25, 0.3) is 0 Å². The number of rotatable bonds is 3. The summed E-state index contributed by atoms with van der Waals surface area (Å²) < 4.78 is 1.97. The molecule has 154 valence electrons. The monoisotopic (exact) mass is 429 g/mol. The van der Waals surface area contributed by atoms with E-state index in [1.165, 1.54) is 34.0 Å². The van der Waals surface area contributed by atoms with Crippen LogP contribution in [0.25, 0.3) is 15.9 Å². The summed E-state index contributed by atoms with van der Waals surface area (Å²) in [6, 6.07) is 0. The molecule has 1 aliphatic heterocycles. The van der Waals surface area contributed by atoms with Crippen molar-refractivity contribution in [3.63, 3.8) is 0 Å². The number of likely N-dealkylation sites (tertiary alicyclic amines) is 1. The number of fused-ring (bicyclic) bond motifs is 5. The van der Waals surface area contributed by atoms with Crippen LogP contribution < -0.4 is 0 Å². The summed E-state index contributed by atoms with van der Waals surface area (Å²) in [4.78, 5) is 21.6. The average Bonchev–Trinajstić information content (AvgIpc) is 3.41. The number of nitrogens with zero attached hydrogens (tertiary/aromatic N) is 5. The van der Waals surface area contributed by atoms with Crippen LogP contribution in [0, 0.1) is 11.3 Å². The van der Waals surface area contributed by atoms with Crippen molar-refractivity contribution in [2.45, 2.75) is 58.0 Å². The molecule has 1 amide bonds. The Morgan fingerprint density at radius 2 is 2.07 bits per heavy atom. The van der Waals surface area contributed by atoms with Gasteiger partial charge in [-0.25, -0.2) is 4.98 Å². The van der Waals surface area contributed by atoms with E-state index in [-0.39, 0.29) is 5.91 Å². The quantitative estimate of drug-likeness (QED) is 0.584. The molecule has 1 atom stereocenters. The van der Waals surface area contributed by atoms with E-state index in [1.807, 2.05) is 27.0 Å². The summed E-state index contributed by atoms with van der Waals surface area (Å²) in [5.74, 6) is 1.31. The van der Waals surface area contributed by atoms with Crippen molar-refractivity contribution in [3.05, 3.63) is 16.8 Å². The van der Waals surface area contributed by atoms with Gasteiger partial charge in [-0.2, -0.15) is 0 Å². The Hall–Kier alpha value is -1.67. The van der Waals surface area contributed by atoms with Crippen molar-refractivity contribution >= 4 is 44.9 Å². The fourth-order valence-corrected chi connectivity index (χ4v) is 6.64. The van der Waals surface area contributed by atoms with Gasteiger partial charge in [0, 0.05) is 18.0 Å². The fourth-order valence-electron chi connectivity index (χ4n) is 4.58. The largest absolute Gasteiger partial charge is 0.342 e. The number of aromatic nitrogens is 4. The standard InChI is InChI=1S/C21H27N5OS2/c1-21(2,3)13-6-7-14-15(10-13)29-19-17(14)18-23-24-20(26(18)12-22-19)28-11-16(27)25-8-4-5-9-25/h12-13H,4-11H2,1-3H3. The van der Waals surface area contributed by atoms with E-state index in [2.05, 4.69) is 31.0 Å². The number of hydrogen-bond donors (Lipinski definition) is 0. The first-order valence-corrected chi connectivity index (χ1v) is 12.3. The van der Waals surface area contributed by atoms with Crippen LogP contribution in [0.4, 0.5) is 0 Å². The molecule has 0 aromatic carbocycles. The maximum atomic E-state index is 12.4. The zero-order valence-electron chi connectivity index (χ0n) is 17.3. The molecule has 1 aliphatic carbocycles. The molecule has 6 nitrogen and oxygen atoms in total. The van der Waals surface area contributed by atoms with Crippen molar-refractivity contribution in [1.82, 2.24) is 24.5 Å². The van der Waals surface area contributed by atoms with E-state index in [0.29, 0.717) is 17.1 Å². The van der Waals surface area contributed by atoms with Crippen LogP contribution in [0.5, 0.6) is 0 Å². The summed E-state index contributed by atoms with van der Waals surface area (Å²) in [6.45, 7) is 8.81. The number of hydrogen-bond acceptors (Lipinski definition) is 6. The van der Waals surface area contributed by atoms with Gasteiger partial charge in [0.15, 0.2) is 10.8 Å². The molecular weight excluding hydrogens is 402 g/mol. The van der Waals surface area contributed by atoms with Gasteiger partial charge in [0.05, 0.1) is 11.1 Å². The second kappa shape index (κ2) is 7.23. The average molecular weight is 430 g/mol. The van der Waals surface area contributed by atoms with Crippen molar-refractivity contribution in [3.8, 4) is 0 Å². The third-order valence-electron chi connectivity index (χ3n) is 6.43. The summed E-state index contributed by atoms with van der Waals surface area (Å²) in [6.07, 6.45) is 7.48. The van der Waals surface area contributed by atoms with Crippen LogP contribution in [0.2, 0.25) is 0 Å². The lowest BCUT2D eigenvalue weighted by Crippen LogP contribution is -2.29. The number of thioether (sulfide) groups is 1. The topological polar surface area (TPSA) is 63.4 Å². The van der Waals surface area contributed by atoms with Gasteiger partial charge < -0.3 is 4.90 Å². The summed E-state index contributed by atoms with van der Waals surface area (Å²) in [7, 11) is 0. The zero-order chi connectivity index (χ0) is 20.2. The van der Waals surface area contributed by atoms with Gasteiger partial charge in [0.2, 0.25) is 5.91 Å². The van der Waals surface area contributed by atoms with E-state index in [4.69, 9.17) is 4.98 Å². The summed E-state index contributed by atoms with van der Waals surface area (Å²) in [5, 5.41) is 10.8. The van der Waals surface area contributed by atoms with Crippen LogP contribution >= 0.6 is 23.1 Å². The minimum absolute atomic E-state index is 0.194. The minimum Gasteiger partial charge on any atom is -0.342 e. The van der Waals surface area contributed by atoms with E-state index >= 15 is 0 Å². The molecule has 2 aliphatic rings. The molecule has 29 heavy (non-hydrogen) atoms. The molecule has 1 unspecified atom stereocenters. The first-order chi connectivity index (χ1) is 13.9. The van der Waals surface area contributed by atoms with E-state index in [9.17, 15) is 4.79 Å². The van der Waals surface area contributed by atoms with Crippen LogP contribution in [-0.2, 0) is 17.6 Å². The number of carbonyl (C=O) groups is 1. The van der Waals surface area contributed by atoms with Crippen molar-refractivity contribution in [2.24, 2.45) is 11.3 Å². The molecule has 3 aromatic rings. The lowest BCUT2D eigenvalue weighted by atomic mass is 9.72. The molecule has 1 saturated heterocycles. The highest BCUT2D eigenvalue weighted by atomic mass is 32.2. The minimum atomic E-state index is 0.194. The highest BCUT2D eigenvalue weighted by molar-refractivity contribution is 7.99. The third-order valence-corrected chi connectivity index (χ3v) is 8.52. The normalized spacial score (nSPS) is 20.0. The Kier molecular flexibility index (Phi) is 4.81. The Morgan fingerprint density at radius 1 is 1.28 bits per heavy atom. The maximum Gasteiger partial charge on any atom is 0.233 e. The van der Waals surface area contributed by atoms with Gasteiger partial charge in [-0.1, -0.05) is 32.5 Å². The molecule has 0 radical (unpaired) electrons. The molecular formula is C21H27N5OS2. The first kappa shape index (κ1) is 19.3. The number of amides is 1. The Balaban J connectivity index is 1.44. The second-order valence-electron chi connectivity index (χ2n) is 9.29. The van der Waals surface area contributed by atoms with Crippen molar-refractivity contribution < 1.29 is 4.79 Å². The van der Waals surface area contributed by atoms with Crippen LogP contribution in [0.15, 0.2) is 11.5 Å². The van der Waals surface area contributed by atoms with Crippen LogP contribution in [-0.4, -0.2) is 49.2 Å². The van der Waals surface area contributed by atoms with Crippen LogP contribution in [0.3, 0.4) is 0 Å².